The van der Waals surface area contributed by atoms with Crippen LogP contribution in [0.3, 0.4) is 0 Å². The van der Waals surface area contributed by atoms with E-state index in [4.69, 9.17) is 0 Å². The molecule has 1 aliphatic heterocycles. The van der Waals surface area contributed by atoms with Crippen LogP contribution in [0.4, 0.5) is 11.6 Å². The molecule has 1 aliphatic rings. The molecule has 5 heteroatoms. The van der Waals surface area contributed by atoms with E-state index in [0.717, 1.165) is 11.4 Å². The lowest BCUT2D eigenvalue weighted by molar-refractivity contribution is -0.115. The molecule has 2 N–H and O–H groups in total. The van der Waals surface area contributed by atoms with Gasteiger partial charge in [-0.2, -0.15) is 0 Å². The Morgan fingerprint density at radius 2 is 2.42 bits per heavy atom. The molecule has 1 aromatic rings. The van der Waals surface area contributed by atoms with E-state index in [-0.39, 0.29) is 5.91 Å². The average Bonchev–Trinajstić information content (AvgIpc) is 2.44. The van der Waals surface area contributed by atoms with E-state index in [1.54, 1.807) is 7.05 Å². The van der Waals surface area contributed by atoms with Crippen molar-refractivity contribution in [1.29, 1.82) is 0 Å². The highest BCUT2D eigenvalue weighted by Crippen LogP contribution is 2.24. The molecule has 62 valence electrons. The smallest absolute Gasteiger partial charge is 0.230 e. The number of hydrogen-bond donors (Lipinski definition) is 2. The minimum Gasteiger partial charge on any atom is -0.373 e. The zero-order valence-electron chi connectivity index (χ0n) is 6.59. The van der Waals surface area contributed by atoms with E-state index in [9.17, 15) is 4.79 Å². The van der Waals surface area contributed by atoms with Crippen molar-refractivity contribution in [2.24, 2.45) is 0 Å². The van der Waals surface area contributed by atoms with Gasteiger partial charge in [0.15, 0.2) is 0 Å². The van der Waals surface area contributed by atoms with Gasteiger partial charge in [0.25, 0.3) is 0 Å². The minimum absolute atomic E-state index is 0.0259. The van der Waals surface area contributed by atoms with Crippen molar-refractivity contribution >= 4 is 17.5 Å². The summed E-state index contributed by atoms with van der Waals surface area (Å²) in [4.78, 5) is 18.9. The van der Waals surface area contributed by atoms with Gasteiger partial charge in [-0.25, -0.2) is 9.97 Å². The highest BCUT2D eigenvalue weighted by molar-refractivity contribution is 5.99. The zero-order chi connectivity index (χ0) is 8.55. The van der Waals surface area contributed by atoms with Crippen LogP contribution < -0.4 is 10.6 Å². The summed E-state index contributed by atoms with van der Waals surface area (Å²) in [6.07, 6.45) is 1.79. The molecule has 1 amide bonds. The molecule has 2 heterocycles. The highest BCUT2D eigenvalue weighted by Gasteiger charge is 2.21. The molecule has 1 aromatic heterocycles. The van der Waals surface area contributed by atoms with Gasteiger partial charge in [-0.15, -0.1) is 0 Å². The van der Waals surface area contributed by atoms with Crippen LogP contribution in [0.2, 0.25) is 0 Å². The molecule has 0 radical (unpaired) electrons. The standard InChI is InChI=1S/C7H8N4O/c1-8-6-4-2-5(12)11-7(4)10-3-9-6/h3H,2H2,1H3,(H2,8,9,10,11,12). The van der Waals surface area contributed by atoms with Crippen molar-refractivity contribution in [3.8, 4) is 0 Å². The third kappa shape index (κ3) is 0.903. The summed E-state index contributed by atoms with van der Waals surface area (Å²) in [5.74, 6) is 1.32. The summed E-state index contributed by atoms with van der Waals surface area (Å²) in [7, 11) is 1.77. The topological polar surface area (TPSA) is 66.9 Å². The van der Waals surface area contributed by atoms with E-state index in [1.807, 2.05) is 0 Å². The van der Waals surface area contributed by atoms with Gasteiger partial charge in [0.05, 0.1) is 6.42 Å². The zero-order valence-corrected chi connectivity index (χ0v) is 6.59. The molecule has 0 saturated carbocycles. The van der Waals surface area contributed by atoms with E-state index in [1.165, 1.54) is 6.33 Å². The summed E-state index contributed by atoms with van der Waals surface area (Å²) in [6, 6.07) is 0. The van der Waals surface area contributed by atoms with Crippen molar-refractivity contribution in [3.05, 3.63) is 11.9 Å². The lowest BCUT2D eigenvalue weighted by Crippen LogP contribution is -2.04. The van der Waals surface area contributed by atoms with Crippen molar-refractivity contribution in [1.82, 2.24) is 9.97 Å². The number of nitrogens with one attached hydrogen (secondary N) is 2. The van der Waals surface area contributed by atoms with Crippen molar-refractivity contribution in [2.75, 3.05) is 17.7 Å². The number of rotatable bonds is 1. The van der Waals surface area contributed by atoms with E-state index >= 15 is 0 Å². The first-order chi connectivity index (χ1) is 5.81. The van der Waals surface area contributed by atoms with Crippen LogP contribution in [-0.2, 0) is 11.2 Å². The van der Waals surface area contributed by atoms with Crippen LogP contribution >= 0.6 is 0 Å². The number of anilines is 2. The first kappa shape index (κ1) is 7.02. The predicted molar refractivity (Wildman–Crippen MR) is 43.9 cm³/mol. The van der Waals surface area contributed by atoms with E-state index in [0.29, 0.717) is 12.2 Å². The maximum absolute atomic E-state index is 11.0. The molecule has 0 saturated heterocycles. The first-order valence-electron chi connectivity index (χ1n) is 3.62. The summed E-state index contributed by atoms with van der Waals surface area (Å²) in [5, 5.41) is 5.55. The van der Waals surface area contributed by atoms with Gasteiger partial charge in [0.2, 0.25) is 5.91 Å². The summed E-state index contributed by atoms with van der Waals surface area (Å²) < 4.78 is 0. The quantitative estimate of drug-likeness (QED) is 0.613. The minimum atomic E-state index is -0.0259. The highest BCUT2D eigenvalue weighted by atomic mass is 16.1. The molecular formula is C7H8N4O. The molecule has 2 rings (SSSR count). The second-order valence-corrected chi connectivity index (χ2v) is 2.52. The van der Waals surface area contributed by atoms with Gasteiger partial charge in [-0.1, -0.05) is 0 Å². The van der Waals surface area contributed by atoms with E-state index in [2.05, 4.69) is 20.6 Å². The molecule has 0 spiro atoms. The Balaban J connectivity index is 2.51. The lowest BCUT2D eigenvalue weighted by Gasteiger charge is -2.02. The Bertz CT molecular complexity index is 336. The van der Waals surface area contributed by atoms with Crippen LogP contribution in [-0.4, -0.2) is 22.9 Å². The SMILES string of the molecule is CNc1ncnc2c1CC(=O)N2. The Labute approximate surface area is 69.2 Å². The fourth-order valence-corrected chi connectivity index (χ4v) is 1.24. The number of hydrogen-bond acceptors (Lipinski definition) is 4. The van der Waals surface area contributed by atoms with Gasteiger partial charge in [0, 0.05) is 12.6 Å². The number of carbonyl (C=O) groups excluding carboxylic acids is 1. The van der Waals surface area contributed by atoms with Crippen LogP contribution in [0.25, 0.3) is 0 Å². The third-order valence-electron chi connectivity index (χ3n) is 1.78. The number of amides is 1. The Morgan fingerprint density at radius 3 is 3.17 bits per heavy atom. The van der Waals surface area contributed by atoms with Crippen LogP contribution in [0.1, 0.15) is 5.56 Å². The molecule has 5 nitrogen and oxygen atoms in total. The monoisotopic (exact) mass is 164 g/mol. The van der Waals surface area contributed by atoms with Gasteiger partial charge in [0.1, 0.15) is 18.0 Å². The molecule has 0 aromatic carbocycles. The fraction of sp³-hybridized carbons (Fsp3) is 0.286. The van der Waals surface area contributed by atoms with Crippen LogP contribution in [0.15, 0.2) is 6.33 Å². The number of aromatic nitrogens is 2. The average molecular weight is 164 g/mol. The molecule has 0 aliphatic carbocycles. The Hall–Kier alpha value is -1.65. The van der Waals surface area contributed by atoms with Crippen molar-refractivity contribution < 1.29 is 4.79 Å². The summed E-state index contributed by atoms with van der Waals surface area (Å²) in [6.45, 7) is 0. The number of nitrogens with zero attached hydrogens (tertiary/aromatic N) is 2. The maximum atomic E-state index is 11.0. The molecule has 12 heavy (non-hydrogen) atoms. The molecule has 0 atom stereocenters. The maximum Gasteiger partial charge on any atom is 0.230 e. The van der Waals surface area contributed by atoms with Gasteiger partial charge >= 0.3 is 0 Å². The van der Waals surface area contributed by atoms with Crippen molar-refractivity contribution in [2.45, 2.75) is 6.42 Å². The van der Waals surface area contributed by atoms with E-state index < -0.39 is 0 Å². The predicted octanol–water partition coefficient (Wildman–Crippen LogP) is 0.0129. The van der Waals surface area contributed by atoms with Gasteiger partial charge in [-0.3, -0.25) is 4.79 Å². The molecule has 0 bridgehead atoms. The fourth-order valence-electron chi connectivity index (χ4n) is 1.24. The largest absolute Gasteiger partial charge is 0.373 e. The lowest BCUT2D eigenvalue weighted by atomic mass is 10.2. The number of fused-ring (bicyclic) bond motifs is 1. The summed E-state index contributed by atoms with van der Waals surface area (Å²) >= 11 is 0. The molecular weight excluding hydrogens is 156 g/mol. The van der Waals surface area contributed by atoms with Gasteiger partial charge in [-0.05, 0) is 0 Å². The first-order valence-corrected chi connectivity index (χ1v) is 3.62. The van der Waals surface area contributed by atoms with Crippen LogP contribution in [0, 0.1) is 0 Å². The molecule has 0 unspecified atom stereocenters. The second kappa shape index (κ2) is 2.44. The summed E-state index contributed by atoms with van der Waals surface area (Å²) in [5.41, 5.74) is 0.852. The Morgan fingerprint density at radius 1 is 1.58 bits per heavy atom. The third-order valence-corrected chi connectivity index (χ3v) is 1.78. The van der Waals surface area contributed by atoms with Crippen LogP contribution in [0.5, 0.6) is 0 Å². The number of carbonyl (C=O) groups is 1. The second-order valence-electron chi connectivity index (χ2n) is 2.52. The Kier molecular flexibility index (Phi) is 1.43. The normalized spacial score (nSPS) is 13.9. The van der Waals surface area contributed by atoms with Gasteiger partial charge < -0.3 is 10.6 Å². The van der Waals surface area contributed by atoms with Crippen molar-refractivity contribution in [3.63, 3.8) is 0 Å². The molecule has 0 fully saturated rings.